The van der Waals surface area contributed by atoms with Gasteiger partial charge in [-0.25, -0.2) is 0 Å². The van der Waals surface area contributed by atoms with Gasteiger partial charge < -0.3 is 39.4 Å². The Morgan fingerprint density at radius 1 is 1.19 bits per heavy atom. The Hall–Kier alpha value is -2.83. The molecule has 5 rings (SSSR count). The van der Waals surface area contributed by atoms with Gasteiger partial charge in [0, 0.05) is 18.9 Å². The first-order valence-electron chi connectivity index (χ1n) is 15.1. The van der Waals surface area contributed by atoms with Gasteiger partial charge in [-0.05, 0) is 45.8 Å². The zero-order valence-corrected chi connectivity index (χ0v) is 25.9. The third-order valence-electron chi connectivity index (χ3n) is 9.67. The van der Waals surface area contributed by atoms with Crippen LogP contribution in [0.2, 0.25) is 0 Å². The lowest BCUT2D eigenvalue weighted by Crippen LogP contribution is -2.61. The molecular weight excluding hydrogens is 556 g/mol. The van der Waals surface area contributed by atoms with Crippen LogP contribution in [-0.4, -0.2) is 94.4 Å². The maximum Gasteiger partial charge on any atom is 0.264 e. The van der Waals surface area contributed by atoms with Crippen LogP contribution >= 0.6 is 0 Å². The summed E-state index contributed by atoms with van der Waals surface area (Å²) in [5.74, 6) is -3.93. The van der Waals surface area contributed by atoms with Crippen molar-refractivity contribution in [3.05, 3.63) is 47.3 Å². The van der Waals surface area contributed by atoms with Crippen LogP contribution in [0.1, 0.15) is 54.4 Å². The fourth-order valence-electron chi connectivity index (χ4n) is 6.82. The van der Waals surface area contributed by atoms with Gasteiger partial charge in [-0.3, -0.25) is 14.4 Å². The van der Waals surface area contributed by atoms with Gasteiger partial charge in [0.2, 0.25) is 11.7 Å². The summed E-state index contributed by atoms with van der Waals surface area (Å²) in [6.45, 7) is 11.7. The molecule has 4 saturated heterocycles. The Balaban J connectivity index is 1.36. The molecule has 0 aliphatic carbocycles. The lowest BCUT2D eigenvalue weighted by Gasteiger charge is -2.51. The number of rotatable bonds is 7. The number of amides is 2. The van der Waals surface area contributed by atoms with E-state index in [0.717, 1.165) is 5.57 Å². The van der Waals surface area contributed by atoms with Crippen LogP contribution in [-0.2, 0) is 33.3 Å². The van der Waals surface area contributed by atoms with Crippen LogP contribution in [0, 0.1) is 17.8 Å². The van der Waals surface area contributed by atoms with Crippen LogP contribution in [0.4, 0.5) is 0 Å². The largest absolute Gasteiger partial charge is 0.507 e. The fourth-order valence-corrected chi connectivity index (χ4v) is 6.82. The molecule has 5 heterocycles. The average Bonchev–Trinajstić information content (AvgIpc) is 3.71. The second-order valence-electron chi connectivity index (χ2n) is 12.7. The van der Waals surface area contributed by atoms with E-state index in [1.165, 1.54) is 18.0 Å². The zero-order chi connectivity index (χ0) is 31.4. The van der Waals surface area contributed by atoms with E-state index in [0.29, 0.717) is 19.4 Å². The third kappa shape index (κ3) is 5.50. The van der Waals surface area contributed by atoms with Crippen molar-refractivity contribution in [2.75, 3.05) is 13.7 Å². The van der Waals surface area contributed by atoms with Gasteiger partial charge in [-0.1, -0.05) is 44.6 Å². The SMILES string of the molecule is CNC(=O)[C@@H](C)[C@H]1C(=O)\C(=C(O)/C=C/C(C)=C/[C@@H](C)[C@H]2O[C@@]3(C)O[C@H](C=C[C@@]34CO4)[C@@H]2C)C(=O)N1[C@@H]1CC[C@@H](O)[C@H](C)O1. The highest BCUT2D eigenvalue weighted by atomic mass is 16.8. The predicted molar refractivity (Wildman–Crippen MR) is 155 cm³/mol. The molecule has 4 fully saturated rings. The number of allylic oxidation sites excluding steroid dienone is 3. The molecule has 11 nitrogen and oxygen atoms in total. The topological polar surface area (TPSA) is 147 Å². The summed E-state index contributed by atoms with van der Waals surface area (Å²) in [4.78, 5) is 41.1. The number of fused-ring (bicyclic) bond motifs is 3. The maximum atomic E-state index is 13.6. The number of aliphatic hydroxyl groups excluding tert-OH is 2. The number of aliphatic hydroxyl groups is 2. The first-order chi connectivity index (χ1) is 20.2. The van der Waals surface area contributed by atoms with Crippen molar-refractivity contribution in [1.82, 2.24) is 10.2 Å². The molecule has 0 unspecified atom stereocenters. The molecule has 1 spiro atoms. The van der Waals surface area contributed by atoms with Crippen molar-refractivity contribution in [2.24, 2.45) is 17.8 Å². The number of epoxide rings is 1. The fraction of sp³-hybridized carbons (Fsp3) is 0.656. The van der Waals surface area contributed by atoms with Crippen LogP contribution in [0.5, 0.6) is 0 Å². The van der Waals surface area contributed by atoms with Crippen molar-refractivity contribution < 1.29 is 43.5 Å². The number of carbonyl (C=O) groups excluding carboxylic acids is 3. The van der Waals surface area contributed by atoms with E-state index in [9.17, 15) is 24.6 Å². The minimum absolute atomic E-state index is 0.0220. The van der Waals surface area contributed by atoms with E-state index in [4.69, 9.17) is 18.9 Å². The van der Waals surface area contributed by atoms with Gasteiger partial charge in [0.15, 0.2) is 11.4 Å². The Labute approximate surface area is 252 Å². The van der Waals surface area contributed by atoms with Crippen molar-refractivity contribution in [3.8, 4) is 0 Å². The molecule has 2 amide bonds. The van der Waals surface area contributed by atoms with E-state index < -0.39 is 65.1 Å². The quantitative estimate of drug-likeness (QED) is 0.100. The van der Waals surface area contributed by atoms with Crippen LogP contribution in [0.25, 0.3) is 0 Å². The van der Waals surface area contributed by atoms with Crippen molar-refractivity contribution in [1.29, 1.82) is 0 Å². The van der Waals surface area contributed by atoms with Crippen molar-refractivity contribution in [3.63, 3.8) is 0 Å². The molecule has 5 aliphatic heterocycles. The van der Waals surface area contributed by atoms with Crippen LogP contribution in [0.15, 0.2) is 47.3 Å². The average molecular weight is 601 g/mol. The van der Waals surface area contributed by atoms with Gasteiger partial charge >= 0.3 is 0 Å². The van der Waals surface area contributed by atoms with Gasteiger partial charge in [-0.15, -0.1) is 0 Å². The highest BCUT2D eigenvalue weighted by Crippen LogP contribution is 2.52. The van der Waals surface area contributed by atoms with E-state index in [1.807, 2.05) is 19.9 Å². The smallest absolute Gasteiger partial charge is 0.264 e. The van der Waals surface area contributed by atoms with E-state index in [1.54, 1.807) is 19.9 Å². The Morgan fingerprint density at radius 3 is 2.51 bits per heavy atom. The number of carbonyl (C=O) groups is 3. The number of Topliss-reactive ketones (excluding diaryl/α,β-unsaturated/α-hetero) is 1. The Bertz CT molecular complexity index is 1280. The number of hydrogen-bond acceptors (Lipinski definition) is 9. The predicted octanol–water partition coefficient (Wildman–Crippen LogP) is 2.46. The first-order valence-corrected chi connectivity index (χ1v) is 15.1. The van der Waals surface area contributed by atoms with Crippen LogP contribution in [0.3, 0.4) is 0 Å². The van der Waals surface area contributed by atoms with Crippen LogP contribution < -0.4 is 5.32 Å². The number of ether oxygens (including phenoxy) is 4. The van der Waals surface area contributed by atoms with E-state index >= 15 is 0 Å². The number of hydrogen-bond donors (Lipinski definition) is 3. The van der Waals surface area contributed by atoms with Crippen molar-refractivity contribution in [2.45, 2.75) is 102 Å². The summed E-state index contributed by atoms with van der Waals surface area (Å²) < 4.78 is 24.3. The van der Waals surface area contributed by atoms with Gasteiger partial charge in [0.1, 0.15) is 23.6 Å². The highest BCUT2D eigenvalue weighted by Gasteiger charge is 2.66. The molecule has 11 heteroatoms. The highest BCUT2D eigenvalue weighted by molar-refractivity contribution is 6.27. The number of likely N-dealkylation sites (tertiary alicyclic amines) is 1. The molecule has 3 N–H and O–H groups in total. The van der Waals surface area contributed by atoms with Gasteiger partial charge in [-0.2, -0.15) is 0 Å². The minimum atomic E-state index is -1.15. The number of nitrogens with zero attached hydrogens (tertiary/aromatic N) is 1. The Morgan fingerprint density at radius 2 is 1.88 bits per heavy atom. The van der Waals surface area contributed by atoms with Gasteiger partial charge in [0.05, 0.1) is 36.9 Å². The number of ketones is 1. The molecule has 43 heavy (non-hydrogen) atoms. The minimum Gasteiger partial charge on any atom is -0.507 e. The summed E-state index contributed by atoms with van der Waals surface area (Å²) >= 11 is 0. The molecule has 2 bridgehead atoms. The lowest BCUT2D eigenvalue weighted by molar-refractivity contribution is -0.346. The molecule has 5 aliphatic rings. The standard InChI is InChI=1S/C32H44N2O9/c1-16(14-17(2)28-18(3)23-12-13-32(15-40-32)31(6,42-23)43-28)8-9-22(36)25-27(37)26(19(4)29(38)33-7)34(30(25)39)24-11-10-21(35)20(5)41-24/h8-9,12-14,17-21,23-24,26,28,35-36H,10-11,15H2,1-7H3,(H,33,38)/b9-8+,16-14+,25-22-/t17-,18+,19+,20+,21-,23-,24+,26+,28-,31-,32-/m1/s1. The molecular formula is C32H44N2O9. The lowest BCUT2D eigenvalue weighted by atomic mass is 9.82. The van der Waals surface area contributed by atoms with Gasteiger partial charge in [0.25, 0.3) is 5.91 Å². The summed E-state index contributed by atoms with van der Waals surface area (Å²) in [5, 5.41) is 23.7. The monoisotopic (exact) mass is 600 g/mol. The first kappa shape index (κ1) is 31.6. The second-order valence-corrected chi connectivity index (χ2v) is 12.7. The summed E-state index contributed by atoms with van der Waals surface area (Å²) in [5.41, 5.74) is -0.127. The normalized spacial score (nSPS) is 42.0. The molecule has 0 saturated carbocycles. The molecule has 0 aromatic rings. The number of nitrogens with one attached hydrogen (secondary N) is 1. The van der Waals surface area contributed by atoms with E-state index in [-0.39, 0.29) is 29.6 Å². The molecule has 0 radical (unpaired) electrons. The molecule has 236 valence electrons. The molecule has 0 aromatic heterocycles. The molecule has 0 aromatic carbocycles. The molecule has 11 atom stereocenters. The third-order valence-corrected chi connectivity index (χ3v) is 9.67. The maximum absolute atomic E-state index is 13.6. The summed E-state index contributed by atoms with van der Waals surface area (Å²) in [6.07, 6.45) is 7.46. The zero-order valence-electron chi connectivity index (χ0n) is 25.9. The van der Waals surface area contributed by atoms with Crippen molar-refractivity contribution >= 4 is 17.6 Å². The Kier molecular flexibility index (Phi) is 8.51. The summed E-state index contributed by atoms with van der Waals surface area (Å²) in [7, 11) is 1.46. The summed E-state index contributed by atoms with van der Waals surface area (Å²) in [6, 6.07) is -1.15. The van der Waals surface area contributed by atoms with E-state index in [2.05, 4.69) is 31.3 Å². The second kappa shape index (κ2) is 11.6.